The number of likely N-dealkylation sites (tertiary alicyclic amines) is 1. The fourth-order valence-corrected chi connectivity index (χ4v) is 8.51. The van der Waals surface area contributed by atoms with Gasteiger partial charge in [0.05, 0.1) is 31.0 Å². The molecule has 1 aromatic heterocycles. The van der Waals surface area contributed by atoms with Crippen molar-refractivity contribution in [2.75, 3.05) is 62.8 Å². The molecule has 1 aliphatic heterocycles. The van der Waals surface area contributed by atoms with Gasteiger partial charge in [-0.3, -0.25) is 9.69 Å². The zero-order valence-electron chi connectivity index (χ0n) is 40.9. The maximum absolute atomic E-state index is 14.1. The highest BCUT2D eigenvalue weighted by atomic mass is 19.4. The summed E-state index contributed by atoms with van der Waals surface area (Å²) in [5.74, 6) is 5.34. The highest BCUT2D eigenvalue weighted by molar-refractivity contribution is 5.96. The van der Waals surface area contributed by atoms with Crippen LogP contribution in [0.3, 0.4) is 0 Å². The van der Waals surface area contributed by atoms with E-state index >= 15 is 0 Å². The molecule has 2 heterocycles. The van der Waals surface area contributed by atoms with E-state index in [9.17, 15) is 32.3 Å². The predicted molar refractivity (Wildman–Crippen MR) is 266 cm³/mol. The Morgan fingerprint density at radius 1 is 0.761 bits per heavy atom. The van der Waals surface area contributed by atoms with E-state index in [4.69, 9.17) is 18.9 Å². The lowest BCUT2D eigenvalue weighted by Gasteiger charge is -2.34. The Morgan fingerprint density at radius 3 is 2.00 bits per heavy atom. The number of alkyl halides is 3. The van der Waals surface area contributed by atoms with E-state index in [1.54, 1.807) is 62.1 Å². The Hall–Kier alpha value is -7.19. The first-order valence-electron chi connectivity index (χ1n) is 23.7. The summed E-state index contributed by atoms with van der Waals surface area (Å²) in [5, 5.41) is 9.50. The molecule has 1 aliphatic carbocycles. The molecule has 0 radical (unpaired) electrons. The Bertz CT molecular complexity index is 2710. The standard InChI is InChI=1S/C54H61F3N6O8/c1-52(2,3)70-50(66)61-29-24-37(25-30-61)60-46-18-11-19-47-44(46)33-39(63(47)35-54(55,56)57)13-12-28-62(51(67)71-53(4,5)6)38-22-20-36(21-23-38)48(64)58-26-31-68-32-27-59-49(65)69-34-45-42-16-9-7-14-40(42)41-15-8-10-17-43(41)45/h7-11,14-23,33,37,45,60H,24-32,34-35H2,1-6H3,(H,58,64)(H,59,65). The van der Waals surface area contributed by atoms with Crippen LogP contribution in [-0.4, -0.2) is 110 Å². The molecule has 1 fully saturated rings. The number of nitrogens with one attached hydrogen (secondary N) is 3. The fraction of sp³-hybridized carbons (Fsp3) is 0.407. The van der Waals surface area contributed by atoms with E-state index in [0.29, 0.717) is 53.8 Å². The molecular weight excluding hydrogens is 918 g/mol. The van der Waals surface area contributed by atoms with Crippen molar-refractivity contribution in [3.05, 3.63) is 119 Å². The monoisotopic (exact) mass is 978 g/mol. The second-order valence-corrected chi connectivity index (χ2v) is 19.4. The molecule has 5 aromatic rings. The normalized spacial score (nSPS) is 13.9. The van der Waals surface area contributed by atoms with Gasteiger partial charge in [0.1, 0.15) is 24.4 Å². The molecule has 0 spiro atoms. The molecule has 0 saturated carbocycles. The Morgan fingerprint density at radius 2 is 1.38 bits per heavy atom. The van der Waals surface area contributed by atoms with Crippen LogP contribution in [0.4, 0.5) is 38.9 Å². The van der Waals surface area contributed by atoms with Gasteiger partial charge >= 0.3 is 24.5 Å². The lowest BCUT2D eigenvalue weighted by Crippen LogP contribution is -2.44. The number of aromatic nitrogens is 1. The number of alkyl carbamates (subject to hydrolysis) is 1. The van der Waals surface area contributed by atoms with Crippen LogP contribution in [0.15, 0.2) is 97.1 Å². The minimum absolute atomic E-state index is 0.0427. The average molecular weight is 979 g/mol. The van der Waals surface area contributed by atoms with E-state index in [1.165, 1.54) is 17.0 Å². The van der Waals surface area contributed by atoms with Crippen molar-refractivity contribution >= 4 is 46.5 Å². The van der Waals surface area contributed by atoms with E-state index in [2.05, 4.69) is 52.1 Å². The smallest absolute Gasteiger partial charge is 0.415 e. The lowest BCUT2D eigenvalue weighted by atomic mass is 9.98. The van der Waals surface area contributed by atoms with Gasteiger partial charge in [-0.05, 0) is 125 Å². The van der Waals surface area contributed by atoms with Crippen LogP contribution >= 0.6 is 0 Å². The van der Waals surface area contributed by atoms with Crippen molar-refractivity contribution in [2.24, 2.45) is 0 Å². The van der Waals surface area contributed by atoms with Crippen molar-refractivity contribution < 1.29 is 51.3 Å². The number of halogens is 3. The maximum Gasteiger partial charge on any atom is 0.415 e. The molecule has 4 amide bonds. The third kappa shape index (κ3) is 14.0. The van der Waals surface area contributed by atoms with Gasteiger partial charge in [-0.2, -0.15) is 13.2 Å². The van der Waals surface area contributed by atoms with Crippen molar-refractivity contribution in [3.8, 4) is 23.0 Å². The maximum atomic E-state index is 14.1. The number of carbonyl (C=O) groups is 4. The molecule has 376 valence electrons. The molecule has 3 N–H and O–H groups in total. The zero-order chi connectivity index (χ0) is 50.9. The van der Waals surface area contributed by atoms with Gasteiger partial charge in [0, 0.05) is 60.5 Å². The van der Waals surface area contributed by atoms with Crippen molar-refractivity contribution in [1.82, 2.24) is 20.1 Å². The number of hydrogen-bond acceptors (Lipinski definition) is 9. The largest absolute Gasteiger partial charge is 0.449 e. The Kier molecular flexibility index (Phi) is 16.2. The summed E-state index contributed by atoms with van der Waals surface area (Å²) in [4.78, 5) is 54.6. The molecule has 0 unspecified atom stereocenters. The number of rotatable bonds is 14. The van der Waals surface area contributed by atoms with E-state index in [-0.39, 0.29) is 63.2 Å². The second kappa shape index (κ2) is 22.3. The van der Waals surface area contributed by atoms with Gasteiger partial charge in [0.25, 0.3) is 5.91 Å². The first kappa shape index (κ1) is 51.7. The SMILES string of the molecule is CC(C)(C)OC(=O)N1CCC(Nc2cccc3c2cc(C#CCN(C(=O)OC(C)(C)C)c2ccc(C(=O)NCCOCCNC(=O)OCC4c5ccccc5-c5ccccc54)cc2)n3CC(F)(F)F)CC1. The molecule has 14 nitrogen and oxygen atoms in total. The number of carbonyl (C=O) groups excluding carboxylic acids is 4. The summed E-state index contributed by atoms with van der Waals surface area (Å²) in [6, 6.07) is 29.0. The van der Waals surface area contributed by atoms with Gasteiger partial charge in [0.15, 0.2) is 0 Å². The molecule has 0 bridgehead atoms. The number of piperidine rings is 1. The van der Waals surface area contributed by atoms with E-state index in [0.717, 1.165) is 26.8 Å². The van der Waals surface area contributed by atoms with Gasteiger partial charge in [-0.15, -0.1) is 0 Å². The van der Waals surface area contributed by atoms with Crippen LogP contribution in [0.25, 0.3) is 22.0 Å². The van der Waals surface area contributed by atoms with Gasteiger partial charge in [0.2, 0.25) is 0 Å². The summed E-state index contributed by atoms with van der Waals surface area (Å²) >= 11 is 0. The summed E-state index contributed by atoms with van der Waals surface area (Å²) in [6.45, 7) is 10.9. The van der Waals surface area contributed by atoms with Crippen molar-refractivity contribution in [2.45, 2.75) is 90.3 Å². The van der Waals surface area contributed by atoms with Gasteiger partial charge < -0.3 is 44.4 Å². The minimum atomic E-state index is -4.56. The minimum Gasteiger partial charge on any atom is -0.449 e. The third-order valence-electron chi connectivity index (χ3n) is 11.7. The van der Waals surface area contributed by atoms with Crippen LogP contribution in [0, 0.1) is 11.8 Å². The highest BCUT2D eigenvalue weighted by Gasteiger charge is 2.32. The summed E-state index contributed by atoms with van der Waals surface area (Å²) < 4.78 is 65.6. The summed E-state index contributed by atoms with van der Waals surface area (Å²) in [6.07, 6.45) is -5.01. The number of benzene rings is 4. The fourth-order valence-electron chi connectivity index (χ4n) is 8.51. The number of fused-ring (bicyclic) bond motifs is 4. The summed E-state index contributed by atoms with van der Waals surface area (Å²) in [5.41, 5.74) is 4.74. The first-order valence-corrected chi connectivity index (χ1v) is 23.7. The molecule has 17 heteroatoms. The van der Waals surface area contributed by atoms with Crippen LogP contribution in [-0.2, 0) is 25.5 Å². The quantitative estimate of drug-likeness (QED) is 0.0561. The Labute approximate surface area is 412 Å². The third-order valence-corrected chi connectivity index (χ3v) is 11.7. The molecule has 7 rings (SSSR count). The number of anilines is 2. The first-order chi connectivity index (χ1) is 33.7. The molecule has 1 saturated heterocycles. The van der Waals surface area contributed by atoms with E-state index in [1.807, 2.05) is 45.0 Å². The van der Waals surface area contributed by atoms with Crippen molar-refractivity contribution in [1.29, 1.82) is 0 Å². The topological polar surface area (TPSA) is 153 Å². The van der Waals surface area contributed by atoms with Crippen LogP contribution in [0.5, 0.6) is 0 Å². The number of nitrogens with zero attached hydrogens (tertiary/aromatic N) is 3. The van der Waals surface area contributed by atoms with Crippen LogP contribution in [0.1, 0.15) is 87.5 Å². The second-order valence-electron chi connectivity index (χ2n) is 19.4. The van der Waals surface area contributed by atoms with Crippen molar-refractivity contribution in [3.63, 3.8) is 0 Å². The van der Waals surface area contributed by atoms with Crippen LogP contribution < -0.4 is 20.9 Å². The number of amides is 4. The lowest BCUT2D eigenvalue weighted by molar-refractivity contribution is -0.140. The summed E-state index contributed by atoms with van der Waals surface area (Å²) in [7, 11) is 0. The van der Waals surface area contributed by atoms with Gasteiger partial charge in [-0.1, -0.05) is 60.5 Å². The average Bonchev–Trinajstić information content (AvgIpc) is 3.82. The Balaban J connectivity index is 0.922. The molecular formula is C54H61F3N6O8. The zero-order valence-corrected chi connectivity index (χ0v) is 40.9. The van der Waals surface area contributed by atoms with E-state index < -0.39 is 42.0 Å². The highest BCUT2D eigenvalue weighted by Crippen LogP contribution is 2.44. The van der Waals surface area contributed by atoms with Gasteiger partial charge in [-0.25, -0.2) is 14.4 Å². The molecule has 71 heavy (non-hydrogen) atoms. The molecule has 4 aromatic carbocycles. The molecule has 2 aliphatic rings. The molecule has 0 atom stereocenters. The van der Waals surface area contributed by atoms with Crippen LogP contribution in [0.2, 0.25) is 0 Å². The number of ether oxygens (including phenoxy) is 4. The predicted octanol–water partition coefficient (Wildman–Crippen LogP) is 10.1. The number of hydrogen-bond donors (Lipinski definition) is 3.